The minimum Gasteiger partial charge on any atom is -0.495 e. The lowest BCUT2D eigenvalue weighted by molar-refractivity contribution is 0.102. The molecule has 2 N–H and O–H groups in total. The fourth-order valence-corrected chi connectivity index (χ4v) is 2.58. The second-order valence-corrected chi connectivity index (χ2v) is 5.92. The zero-order chi connectivity index (χ0) is 18.5. The molecule has 0 unspecified atom stereocenters. The van der Waals surface area contributed by atoms with Gasteiger partial charge in [-0.2, -0.15) is 0 Å². The second kappa shape index (κ2) is 7.84. The molecule has 0 aliphatic heterocycles. The molecule has 0 radical (unpaired) electrons. The van der Waals surface area contributed by atoms with Gasteiger partial charge in [0.2, 0.25) is 5.95 Å². The van der Waals surface area contributed by atoms with E-state index < -0.39 is 0 Å². The second-order valence-electron chi connectivity index (χ2n) is 5.51. The molecular formula is C19H17ClN4O2. The third-order valence-electron chi connectivity index (χ3n) is 3.69. The molecule has 132 valence electrons. The summed E-state index contributed by atoms with van der Waals surface area (Å²) in [5, 5.41) is 6.34. The van der Waals surface area contributed by atoms with Crippen LogP contribution in [0.4, 0.5) is 17.3 Å². The molecule has 1 aromatic heterocycles. The predicted molar refractivity (Wildman–Crippen MR) is 102 cm³/mol. The van der Waals surface area contributed by atoms with Gasteiger partial charge in [0.05, 0.1) is 12.1 Å². The number of ether oxygens (including phenoxy) is 1. The molecule has 0 saturated carbocycles. The maximum Gasteiger partial charge on any atom is 0.274 e. The molecule has 0 saturated heterocycles. The molecular weight excluding hydrogens is 352 g/mol. The highest BCUT2D eigenvalue weighted by atomic mass is 35.5. The summed E-state index contributed by atoms with van der Waals surface area (Å²) in [7, 11) is 1.55. The molecule has 26 heavy (non-hydrogen) atoms. The number of rotatable bonds is 5. The van der Waals surface area contributed by atoms with E-state index in [1.165, 1.54) is 6.20 Å². The number of halogens is 1. The number of carbonyl (C=O) groups excluding carboxylic acids is 1. The Morgan fingerprint density at radius 3 is 2.69 bits per heavy atom. The topological polar surface area (TPSA) is 76.1 Å². The number of aryl methyl sites for hydroxylation is 1. The number of benzene rings is 2. The Labute approximate surface area is 156 Å². The van der Waals surface area contributed by atoms with Gasteiger partial charge in [-0.3, -0.25) is 4.79 Å². The Hall–Kier alpha value is -3.12. The van der Waals surface area contributed by atoms with Crippen molar-refractivity contribution in [2.24, 2.45) is 0 Å². The summed E-state index contributed by atoms with van der Waals surface area (Å²) in [6.45, 7) is 1.93. The molecule has 7 heteroatoms. The molecule has 3 rings (SSSR count). The van der Waals surface area contributed by atoms with E-state index in [1.54, 1.807) is 31.4 Å². The summed E-state index contributed by atoms with van der Waals surface area (Å²) in [4.78, 5) is 20.8. The molecule has 1 heterocycles. The van der Waals surface area contributed by atoms with Gasteiger partial charge in [0.1, 0.15) is 11.4 Å². The number of methoxy groups -OCH3 is 1. The minimum atomic E-state index is -0.308. The van der Waals surface area contributed by atoms with E-state index in [0.29, 0.717) is 22.4 Å². The number of hydrogen-bond acceptors (Lipinski definition) is 5. The number of aromatic nitrogens is 2. The SMILES string of the molecule is COc1ccc(Nc2nccc(C(=O)Nc3ccccc3C)n2)cc1Cl. The highest BCUT2D eigenvalue weighted by Crippen LogP contribution is 2.28. The first kappa shape index (κ1) is 17.7. The Bertz CT molecular complexity index is 946. The van der Waals surface area contributed by atoms with E-state index in [2.05, 4.69) is 20.6 Å². The van der Waals surface area contributed by atoms with Gasteiger partial charge in [-0.05, 0) is 42.8 Å². The first-order valence-corrected chi connectivity index (χ1v) is 8.25. The van der Waals surface area contributed by atoms with Crippen molar-refractivity contribution in [1.29, 1.82) is 0 Å². The summed E-state index contributed by atoms with van der Waals surface area (Å²) in [6.07, 6.45) is 1.52. The number of hydrogen-bond donors (Lipinski definition) is 2. The van der Waals surface area contributed by atoms with Crippen molar-refractivity contribution in [2.45, 2.75) is 6.92 Å². The number of carbonyl (C=O) groups is 1. The van der Waals surface area contributed by atoms with Crippen molar-refractivity contribution in [3.8, 4) is 5.75 Å². The Morgan fingerprint density at radius 1 is 1.15 bits per heavy atom. The average molecular weight is 369 g/mol. The molecule has 0 bridgehead atoms. The molecule has 0 aliphatic carbocycles. The van der Waals surface area contributed by atoms with Gasteiger partial charge in [0.15, 0.2) is 0 Å². The zero-order valence-electron chi connectivity index (χ0n) is 14.3. The van der Waals surface area contributed by atoms with Crippen LogP contribution in [-0.2, 0) is 0 Å². The van der Waals surface area contributed by atoms with Crippen molar-refractivity contribution in [1.82, 2.24) is 9.97 Å². The maximum absolute atomic E-state index is 12.4. The van der Waals surface area contributed by atoms with E-state index in [1.807, 2.05) is 31.2 Å². The van der Waals surface area contributed by atoms with Crippen LogP contribution in [0.25, 0.3) is 0 Å². The number of anilines is 3. The lowest BCUT2D eigenvalue weighted by Crippen LogP contribution is -2.15. The highest BCUT2D eigenvalue weighted by molar-refractivity contribution is 6.32. The van der Waals surface area contributed by atoms with Crippen LogP contribution < -0.4 is 15.4 Å². The Kier molecular flexibility index (Phi) is 5.34. The molecule has 0 aliphatic rings. The van der Waals surface area contributed by atoms with E-state index >= 15 is 0 Å². The fraction of sp³-hybridized carbons (Fsp3) is 0.105. The largest absolute Gasteiger partial charge is 0.495 e. The number of nitrogens with zero attached hydrogens (tertiary/aromatic N) is 2. The van der Waals surface area contributed by atoms with Gasteiger partial charge < -0.3 is 15.4 Å². The predicted octanol–water partition coefficient (Wildman–Crippen LogP) is 4.44. The Balaban J connectivity index is 1.76. The van der Waals surface area contributed by atoms with Crippen LogP contribution in [0, 0.1) is 6.92 Å². The third-order valence-corrected chi connectivity index (χ3v) is 3.98. The van der Waals surface area contributed by atoms with E-state index in [4.69, 9.17) is 16.3 Å². The van der Waals surface area contributed by atoms with Crippen LogP contribution in [0.2, 0.25) is 5.02 Å². The van der Waals surface area contributed by atoms with Gasteiger partial charge in [0.25, 0.3) is 5.91 Å². The number of amides is 1. The van der Waals surface area contributed by atoms with Crippen molar-refractivity contribution in [2.75, 3.05) is 17.7 Å². The highest BCUT2D eigenvalue weighted by Gasteiger charge is 2.11. The normalized spacial score (nSPS) is 10.3. The number of para-hydroxylation sites is 1. The third kappa shape index (κ3) is 4.10. The summed E-state index contributed by atoms with van der Waals surface area (Å²) in [5.41, 5.74) is 2.66. The molecule has 0 fully saturated rings. The monoisotopic (exact) mass is 368 g/mol. The summed E-state index contributed by atoms with van der Waals surface area (Å²) in [6, 6.07) is 14.3. The standard InChI is InChI=1S/C19H17ClN4O2/c1-12-5-3-4-6-15(12)23-18(25)16-9-10-21-19(24-16)22-13-7-8-17(26-2)14(20)11-13/h3-11H,1-2H3,(H,23,25)(H,21,22,24). The summed E-state index contributed by atoms with van der Waals surface area (Å²) in [5.74, 6) is 0.561. The van der Waals surface area contributed by atoms with Crippen molar-refractivity contribution >= 4 is 34.8 Å². The van der Waals surface area contributed by atoms with Gasteiger partial charge >= 0.3 is 0 Å². The molecule has 3 aromatic rings. The first-order valence-electron chi connectivity index (χ1n) is 7.87. The summed E-state index contributed by atoms with van der Waals surface area (Å²) >= 11 is 6.11. The lowest BCUT2D eigenvalue weighted by Gasteiger charge is -2.10. The van der Waals surface area contributed by atoms with Crippen LogP contribution in [0.1, 0.15) is 16.1 Å². The lowest BCUT2D eigenvalue weighted by atomic mass is 10.2. The number of nitrogens with one attached hydrogen (secondary N) is 2. The van der Waals surface area contributed by atoms with Crippen molar-refractivity contribution in [3.05, 3.63) is 71.0 Å². The van der Waals surface area contributed by atoms with Crippen LogP contribution >= 0.6 is 11.6 Å². The van der Waals surface area contributed by atoms with E-state index in [9.17, 15) is 4.79 Å². The molecule has 2 aromatic carbocycles. The van der Waals surface area contributed by atoms with Gasteiger partial charge in [0, 0.05) is 17.6 Å². The van der Waals surface area contributed by atoms with Crippen LogP contribution in [0.5, 0.6) is 5.75 Å². The van der Waals surface area contributed by atoms with Crippen LogP contribution in [0.3, 0.4) is 0 Å². The van der Waals surface area contributed by atoms with Gasteiger partial charge in [-0.25, -0.2) is 9.97 Å². The Morgan fingerprint density at radius 2 is 1.96 bits per heavy atom. The fourth-order valence-electron chi connectivity index (χ4n) is 2.32. The van der Waals surface area contributed by atoms with Gasteiger partial charge in [-0.1, -0.05) is 29.8 Å². The van der Waals surface area contributed by atoms with Gasteiger partial charge in [-0.15, -0.1) is 0 Å². The van der Waals surface area contributed by atoms with E-state index in [-0.39, 0.29) is 11.6 Å². The maximum atomic E-state index is 12.4. The van der Waals surface area contributed by atoms with Crippen molar-refractivity contribution < 1.29 is 9.53 Å². The molecule has 0 atom stereocenters. The summed E-state index contributed by atoms with van der Waals surface area (Å²) < 4.78 is 5.12. The molecule has 1 amide bonds. The first-order chi connectivity index (χ1) is 12.6. The minimum absolute atomic E-state index is 0.255. The molecule has 6 nitrogen and oxygen atoms in total. The quantitative estimate of drug-likeness (QED) is 0.696. The van der Waals surface area contributed by atoms with Crippen molar-refractivity contribution in [3.63, 3.8) is 0 Å². The average Bonchev–Trinajstić information content (AvgIpc) is 2.64. The zero-order valence-corrected chi connectivity index (χ0v) is 15.0. The van der Waals surface area contributed by atoms with Crippen LogP contribution in [-0.4, -0.2) is 23.0 Å². The van der Waals surface area contributed by atoms with E-state index in [0.717, 1.165) is 11.3 Å². The van der Waals surface area contributed by atoms with Crippen LogP contribution in [0.15, 0.2) is 54.7 Å². The molecule has 0 spiro atoms. The smallest absolute Gasteiger partial charge is 0.274 e.